The van der Waals surface area contributed by atoms with Crippen molar-refractivity contribution >= 4 is 29.7 Å². The van der Waals surface area contributed by atoms with Crippen LogP contribution in [0.25, 0.3) is 0 Å². The third-order valence-corrected chi connectivity index (χ3v) is 3.40. The molecule has 0 aliphatic rings. The molecule has 0 saturated carbocycles. The van der Waals surface area contributed by atoms with Crippen LogP contribution >= 0.6 is 23.7 Å². The van der Waals surface area contributed by atoms with Gasteiger partial charge in [-0.15, -0.1) is 23.7 Å². The van der Waals surface area contributed by atoms with Crippen molar-refractivity contribution in [3.05, 3.63) is 16.1 Å². The minimum atomic E-state index is -0.409. The molecule has 0 bridgehead atoms. The van der Waals surface area contributed by atoms with E-state index in [-0.39, 0.29) is 24.4 Å². The molecular formula is C11H20ClN3OS. The van der Waals surface area contributed by atoms with Crippen LogP contribution in [-0.4, -0.2) is 16.9 Å². The fourth-order valence-electron chi connectivity index (χ4n) is 1.40. The van der Waals surface area contributed by atoms with E-state index in [1.165, 1.54) is 0 Å². The lowest BCUT2D eigenvalue weighted by Crippen LogP contribution is -2.41. The Bertz CT molecular complexity index is 356. The van der Waals surface area contributed by atoms with E-state index in [9.17, 15) is 4.79 Å². The molecule has 0 aromatic carbocycles. The summed E-state index contributed by atoms with van der Waals surface area (Å²) in [4.78, 5) is 17.0. The van der Waals surface area contributed by atoms with Gasteiger partial charge in [0, 0.05) is 11.1 Å². The topological polar surface area (TPSA) is 68.0 Å². The molecule has 1 aromatic heterocycles. The number of halogens is 1. The van der Waals surface area contributed by atoms with Gasteiger partial charge in [0.05, 0.1) is 12.1 Å². The second-order valence-corrected chi connectivity index (χ2v) is 5.20. The smallest absolute Gasteiger partial charge is 0.237 e. The number of thiazole rings is 1. The summed E-state index contributed by atoms with van der Waals surface area (Å²) in [5, 5.41) is 3.80. The highest BCUT2D eigenvalue weighted by molar-refractivity contribution is 7.11. The van der Waals surface area contributed by atoms with E-state index in [1.54, 1.807) is 11.3 Å². The van der Waals surface area contributed by atoms with Gasteiger partial charge in [-0.3, -0.25) is 4.79 Å². The van der Waals surface area contributed by atoms with E-state index < -0.39 is 6.04 Å². The highest BCUT2D eigenvalue weighted by Gasteiger charge is 2.17. The van der Waals surface area contributed by atoms with Crippen molar-refractivity contribution in [2.45, 2.75) is 45.7 Å². The molecule has 0 aliphatic carbocycles. The average Bonchev–Trinajstić information content (AvgIpc) is 2.65. The average molecular weight is 278 g/mol. The van der Waals surface area contributed by atoms with E-state index in [0.29, 0.717) is 0 Å². The van der Waals surface area contributed by atoms with Gasteiger partial charge in [-0.1, -0.05) is 13.3 Å². The standard InChI is InChI=1S/C11H19N3OS.ClH/c1-4-5-9(12)10(15)14-8(3)11-13-6-7(2)16-11;/h6,8-9H,4-5,12H2,1-3H3,(H,14,15);1H. The minimum Gasteiger partial charge on any atom is -0.346 e. The predicted molar refractivity (Wildman–Crippen MR) is 73.5 cm³/mol. The largest absolute Gasteiger partial charge is 0.346 e. The van der Waals surface area contributed by atoms with E-state index >= 15 is 0 Å². The predicted octanol–water partition coefficient (Wildman–Crippen LogP) is 2.18. The molecule has 4 nitrogen and oxygen atoms in total. The normalized spacial score (nSPS) is 13.6. The Balaban J connectivity index is 0.00000256. The van der Waals surface area contributed by atoms with Gasteiger partial charge in [0.15, 0.2) is 0 Å². The summed E-state index contributed by atoms with van der Waals surface area (Å²) in [6.45, 7) is 5.94. The first-order chi connectivity index (χ1) is 7.54. The molecule has 1 amide bonds. The molecule has 3 N–H and O–H groups in total. The van der Waals surface area contributed by atoms with Gasteiger partial charge in [-0.2, -0.15) is 0 Å². The SMILES string of the molecule is CCCC(N)C(=O)NC(C)c1ncc(C)s1.Cl. The van der Waals surface area contributed by atoms with Gasteiger partial charge in [0.1, 0.15) is 5.01 Å². The summed E-state index contributed by atoms with van der Waals surface area (Å²) in [6, 6.07) is -0.470. The Hall–Kier alpha value is -0.650. The number of carbonyl (C=O) groups excluding carboxylic acids is 1. The fraction of sp³-hybridized carbons (Fsp3) is 0.636. The number of aromatic nitrogens is 1. The van der Waals surface area contributed by atoms with E-state index in [4.69, 9.17) is 5.73 Å². The maximum atomic E-state index is 11.7. The molecule has 0 aliphatic heterocycles. The van der Waals surface area contributed by atoms with Crippen molar-refractivity contribution in [2.24, 2.45) is 5.73 Å². The molecule has 1 heterocycles. The maximum absolute atomic E-state index is 11.7. The van der Waals surface area contributed by atoms with Gasteiger partial charge in [0.2, 0.25) is 5.91 Å². The first-order valence-electron chi connectivity index (χ1n) is 5.52. The van der Waals surface area contributed by atoms with Crippen LogP contribution in [0, 0.1) is 6.92 Å². The summed E-state index contributed by atoms with van der Waals surface area (Å²) < 4.78 is 0. The second kappa shape index (κ2) is 7.63. The fourth-order valence-corrected chi connectivity index (χ4v) is 2.17. The summed E-state index contributed by atoms with van der Waals surface area (Å²) in [7, 11) is 0. The minimum absolute atomic E-state index is 0. The van der Waals surface area contributed by atoms with Gasteiger partial charge < -0.3 is 11.1 Å². The molecular weight excluding hydrogens is 258 g/mol. The van der Waals surface area contributed by atoms with Crippen LogP contribution in [0.5, 0.6) is 0 Å². The Kier molecular flexibility index (Phi) is 7.34. The Labute approximate surface area is 112 Å². The summed E-state index contributed by atoms with van der Waals surface area (Å²) in [6.07, 6.45) is 3.45. The van der Waals surface area contributed by atoms with Crippen molar-refractivity contribution in [1.29, 1.82) is 0 Å². The summed E-state index contributed by atoms with van der Waals surface area (Å²) >= 11 is 1.60. The van der Waals surface area contributed by atoms with Crippen LogP contribution in [0.3, 0.4) is 0 Å². The molecule has 2 unspecified atom stereocenters. The summed E-state index contributed by atoms with van der Waals surface area (Å²) in [5.74, 6) is -0.0952. The molecule has 1 aromatic rings. The highest BCUT2D eigenvalue weighted by Crippen LogP contribution is 2.18. The van der Waals surface area contributed by atoms with Gasteiger partial charge >= 0.3 is 0 Å². The van der Waals surface area contributed by atoms with E-state index in [1.807, 2.05) is 27.0 Å². The van der Waals surface area contributed by atoms with Crippen molar-refractivity contribution < 1.29 is 4.79 Å². The molecule has 1 rings (SSSR count). The molecule has 0 spiro atoms. The number of carbonyl (C=O) groups is 1. The van der Waals surface area contributed by atoms with Crippen LogP contribution in [-0.2, 0) is 4.79 Å². The van der Waals surface area contributed by atoms with Crippen molar-refractivity contribution in [2.75, 3.05) is 0 Å². The number of hydrogen-bond donors (Lipinski definition) is 2. The quantitative estimate of drug-likeness (QED) is 0.867. The molecule has 0 fully saturated rings. The maximum Gasteiger partial charge on any atom is 0.237 e. The Morgan fingerprint density at radius 2 is 2.29 bits per heavy atom. The first kappa shape index (κ1) is 16.4. The molecule has 17 heavy (non-hydrogen) atoms. The summed E-state index contributed by atoms with van der Waals surface area (Å²) in [5.41, 5.74) is 5.73. The number of nitrogens with one attached hydrogen (secondary N) is 1. The number of hydrogen-bond acceptors (Lipinski definition) is 4. The molecule has 98 valence electrons. The van der Waals surface area contributed by atoms with Gasteiger partial charge in [0.25, 0.3) is 0 Å². The van der Waals surface area contributed by atoms with Gasteiger partial charge in [-0.05, 0) is 20.3 Å². The number of rotatable bonds is 5. The van der Waals surface area contributed by atoms with E-state index in [0.717, 1.165) is 22.7 Å². The Morgan fingerprint density at radius 3 is 2.76 bits per heavy atom. The molecule has 6 heteroatoms. The third-order valence-electron chi connectivity index (χ3n) is 2.30. The first-order valence-corrected chi connectivity index (χ1v) is 6.34. The number of aryl methyl sites for hydroxylation is 1. The zero-order valence-corrected chi connectivity index (χ0v) is 12.0. The monoisotopic (exact) mass is 277 g/mol. The molecule has 0 radical (unpaired) electrons. The van der Waals surface area contributed by atoms with E-state index in [2.05, 4.69) is 10.3 Å². The highest BCUT2D eigenvalue weighted by atomic mass is 35.5. The van der Waals surface area contributed by atoms with Crippen LogP contribution in [0.1, 0.15) is 42.6 Å². The third kappa shape index (κ3) is 5.02. The van der Waals surface area contributed by atoms with Gasteiger partial charge in [-0.25, -0.2) is 4.98 Å². The lowest BCUT2D eigenvalue weighted by Gasteiger charge is -2.15. The van der Waals surface area contributed by atoms with Crippen molar-refractivity contribution in [1.82, 2.24) is 10.3 Å². The van der Waals surface area contributed by atoms with Crippen LogP contribution in [0.15, 0.2) is 6.20 Å². The molecule has 2 atom stereocenters. The van der Waals surface area contributed by atoms with Crippen molar-refractivity contribution in [3.8, 4) is 0 Å². The zero-order chi connectivity index (χ0) is 12.1. The van der Waals surface area contributed by atoms with Crippen molar-refractivity contribution in [3.63, 3.8) is 0 Å². The second-order valence-electron chi connectivity index (χ2n) is 3.93. The lowest BCUT2D eigenvalue weighted by atomic mass is 10.1. The van der Waals surface area contributed by atoms with Crippen LogP contribution in [0.2, 0.25) is 0 Å². The lowest BCUT2D eigenvalue weighted by molar-refractivity contribution is -0.123. The van der Waals surface area contributed by atoms with Crippen LogP contribution in [0.4, 0.5) is 0 Å². The number of amides is 1. The Morgan fingerprint density at radius 1 is 1.65 bits per heavy atom. The van der Waals surface area contributed by atoms with Crippen LogP contribution < -0.4 is 11.1 Å². The number of nitrogens with zero attached hydrogens (tertiary/aromatic N) is 1. The number of nitrogens with two attached hydrogens (primary N) is 1. The zero-order valence-electron chi connectivity index (χ0n) is 10.4. The molecule has 0 saturated heterocycles.